The van der Waals surface area contributed by atoms with Crippen molar-refractivity contribution < 1.29 is 29.3 Å². The average Bonchev–Trinajstić information content (AvgIpc) is 2.91. The number of halogens is 1. The summed E-state index contributed by atoms with van der Waals surface area (Å²) >= 11 is 0. The fraction of sp³-hybridized carbons (Fsp3) is 0.333. The van der Waals surface area contributed by atoms with E-state index in [1.54, 1.807) is 61.2 Å². The maximum Gasteiger partial charge on any atom is 0.336 e. The van der Waals surface area contributed by atoms with E-state index in [1.165, 1.54) is 24.3 Å². The van der Waals surface area contributed by atoms with Gasteiger partial charge in [-0.1, -0.05) is 69.5 Å². The second-order valence-electron chi connectivity index (χ2n) is 10.1. The summed E-state index contributed by atoms with van der Waals surface area (Å²) in [5.74, 6) is -4.52. The Morgan fingerprint density at radius 1 is 0.923 bits per heavy atom. The van der Waals surface area contributed by atoms with Crippen molar-refractivity contribution in [2.24, 2.45) is 5.92 Å². The zero-order valence-corrected chi connectivity index (χ0v) is 22.0. The molecule has 1 fully saturated rings. The molecule has 0 atom stereocenters. The third-order valence-electron chi connectivity index (χ3n) is 7.16. The van der Waals surface area contributed by atoms with E-state index < -0.39 is 29.6 Å². The van der Waals surface area contributed by atoms with Gasteiger partial charge in [-0.25, -0.2) is 14.0 Å². The predicted molar refractivity (Wildman–Crippen MR) is 149 cm³/mol. The number of aliphatic hydroxyl groups is 2. The van der Waals surface area contributed by atoms with Gasteiger partial charge in [0.2, 0.25) is 5.91 Å². The first kappa shape index (κ1) is 28.1. The smallest absolute Gasteiger partial charge is 0.336 e. The van der Waals surface area contributed by atoms with Crippen molar-refractivity contribution in [1.29, 1.82) is 0 Å². The quantitative estimate of drug-likeness (QED) is 0.217. The molecule has 0 aliphatic heterocycles. The van der Waals surface area contributed by atoms with Crippen molar-refractivity contribution in [1.82, 2.24) is 0 Å². The molecule has 3 aromatic carbocycles. The van der Waals surface area contributed by atoms with E-state index in [-0.39, 0.29) is 23.0 Å². The fourth-order valence-electron chi connectivity index (χ4n) is 5.03. The summed E-state index contributed by atoms with van der Waals surface area (Å²) in [6.07, 6.45) is 4.38. The zero-order valence-electron chi connectivity index (χ0n) is 22.0. The number of aromatic carboxylic acids is 1. The monoisotopic (exact) mass is 535 g/mol. The molecule has 2 amide bonds. The van der Waals surface area contributed by atoms with Gasteiger partial charge < -0.3 is 30.9 Å². The first-order valence-electron chi connectivity index (χ1n) is 13.1. The molecule has 9 heteroatoms. The lowest BCUT2D eigenvalue weighted by atomic mass is 9.91. The molecule has 0 saturated heterocycles. The highest BCUT2D eigenvalue weighted by Crippen LogP contribution is 2.41. The van der Waals surface area contributed by atoms with Crippen molar-refractivity contribution in [2.45, 2.75) is 57.9 Å². The van der Waals surface area contributed by atoms with Crippen LogP contribution in [0.5, 0.6) is 0 Å². The molecule has 1 aliphatic rings. The van der Waals surface area contributed by atoms with Gasteiger partial charge in [-0.3, -0.25) is 0 Å². The van der Waals surface area contributed by atoms with Gasteiger partial charge in [0.25, 0.3) is 0 Å². The second kappa shape index (κ2) is 11.8. The molecule has 0 radical (unpaired) electrons. The molecule has 39 heavy (non-hydrogen) atoms. The first-order chi connectivity index (χ1) is 18.6. The largest absolute Gasteiger partial charge is 0.478 e. The van der Waals surface area contributed by atoms with Crippen LogP contribution in [0.3, 0.4) is 0 Å². The molecule has 3 aromatic rings. The molecular formula is C30H34FN3O5. The number of nitrogens with one attached hydrogen (secondary N) is 2. The molecular weight excluding hydrogens is 501 g/mol. The van der Waals surface area contributed by atoms with E-state index in [1.807, 2.05) is 0 Å². The van der Waals surface area contributed by atoms with Crippen LogP contribution < -0.4 is 15.5 Å². The number of carboxylic acid groups (broad SMARTS) is 1. The number of urea groups is 1. The minimum Gasteiger partial charge on any atom is -0.478 e. The molecule has 0 aromatic heterocycles. The summed E-state index contributed by atoms with van der Waals surface area (Å²) in [5, 5.41) is 37.6. The molecule has 1 aliphatic carbocycles. The van der Waals surface area contributed by atoms with E-state index in [0.29, 0.717) is 16.8 Å². The van der Waals surface area contributed by atoms with Crippen molar-refractivity contribution in [2.75, 3.05) is 15.5 Å². The van der Waals surface area contributed by atoms with Gasteiger partial charge >= 0.3 is 12.0 Å². The average molecular weight is 536 g/mol. The molecule has 1 saturated carbocycles. The van der Waals surface area contributed by atoms with Crippen LogP contribution in [0.1, 0.15) is 56.3 Å². The molecule has 0 heterocycles. The Labute approximate surface area is 227 Å². The first-order valence-corrected chi connectivity index (χ1v) is 13.1. The third-order valence-corrected chi connectivity index (χ3v) is 7.16. The van der Waals surface area contributed by atoms with Crippen molar-refractivity contribution in [3.63, 3.8) is 0 Å². The maximum absolute atomic E-state index is 14.2. The minimum atomic E-state index is -2.24. The fourth-order valence-corrected chi connectivity index (χ4v) is 5.03. The Bertz CT molecular complexity index is 1340. The SMILES string of the molecule is CC(C)C(O)(O)N(c1ccc(-c2ccccc2C(=O)O)cc1NC(=O)Nc1ccccc1F)C1CCCCC1. The summed E-state index contributed by atoms with van der Waals surface area (Å²) < 4.78 is 14.2. The number of hydrogen-bond acceptors (Lipinski definition) is 5. The number of para-hydroxylation sites is 1. The highest BCUT2D eigenvalue weighted by molar-refractivity contribution is 6.03. The molecule has 0 bridgehead atoms. The number of nitrogens with zero attached hydrogens (tertiary/aromatic N) is 1. The number of hydrogen-bond donors (Lipinski definition) is 5. The molecule has 5 N–H and O–H groups in total. The summed E-state index contributed by atoms with van der Waals surface area (Å²) in [5.41, 5.74) is 1.58. The minimum absolute atomic E-state index is 0.0195. The van der Waals surface area contributed by atoms with Crippen molar-refractivity contribution in [3.05, 3.63) is 78.1 Å². The highest BCUT2D eigenvalue weighted by Gasteiger charge is 2.41. The van der Waals surface area contributed by atoms with Gasteiger partial charge in [0, 0.05) is 12.0 Å². The number of carbonyl (C=O) groups excluding carboxylic acids is 1. The summed E-state index contributed by atoms with van der Waals surface area (Å²) in [6.45, 7) is 3.40. The maximum atomic E-state index is 14.2. The topological polar surface area (TPSA) is 122 Å². The van der Waals surface area contributed by atoms with E-state index in [4.69, 9.17) is 0 Å². The van der Waals surface area contributed by atoms with Crippen LogP contribution in [0.2, 0.25) is 0 Å². The number of carbonyl (C=O) groups is 2. The Morgan fingerprint density at radius 2 is 1.56 bits per heavy atom. The Hall–Kier alpha value is -3.95. The second-order valence-corrected chi connectivity index (χ2v) is 10.1. The summed E-state index contributed by atoms with van der Waals surface area (Å²) in [4.78, 5) is 26.5. The van der Waals surface area contributed by atoms with Crippen molar-refractivity contribution in [3.8, 4) is 11.1 Å². The van der Waals surface area contributed by atoms with Crippen LogP contribution in [0.15, 0.2) is 66.7 Å². The van der Waals surface area contributed by atoms with Crippen LogP contribution in [0.4, 0.5) is 26.2 Å². The number of benzene rings is 3. The molecule has 4 rings (SSSR count). The number of anilines is 3. The molecule has 8 nitrogen and oxygen atoms in total. The third kappa shape index (κ3) is 6.21. The van der Waals surface area contributed by atoms with Gasteiger partial charge in [-0.2, -0.15) is 0 Å². The Kier molecular flexibility index (Phi) is 8.52. The van der Waals surface area contributed by atoms with Gasteiger partial charge in [0.05, 0.1) is 22.6 Å². The van der Waals surface area contributed by atoms with Gasteiger partial charge in [0.15, 0.2) is 0 Å². The lowest BCUT2D eigenvalue weighted by Gasteiger charge is -2.46. The lowest BCUT2D eigenvalue weighted by Crippen LogP contribution is -2.58. The van der Waals surface area contributed by atoms with Crippen LogP contribution in [-0.4, -0.2) is 39.3 Å². The van der Waals surface area contributed by atoms with Gasteiger partial charge in [-0.15, -0.1) is 0 Å². The van der Waals surface area contributed by atoms with Crippen LogP contribution >= 0.6 is 0 Å². The van der Waals surface area contributed by atoms with Gasteiger partial charge in [0.1, 0.15) is 5.82 Å². The summed E-state index contributed by atoms with van der Waals surface area (Å²) in [7, 11) is 0. The van der Waals surface area contributed by atoms with E-state index >= 15 is 0 Å². The summed E-state index contributed by atoms with van der Waals surface area (Å²) in [6, 6.07) is 16.3. The standard InChI is InChI=1S/C30H34FN3O5/c1-19(2)30(38,39)34(21-10-4-3-5-11-21)27-17-16-20(22-12-6-7-13-23(22)28(35)36)18-26(27)33-29(37)32-25-15-9-8-14-24(25)31/h6-9,12-19,21,38-39H,3-5,10-11H2,1-2H3,(H,35,36)(H2,32,33,37). The van der Waals surface area contributed by atoms with Crippen LogP contribution in [0, 0.1) is 11.7 Å². The van der Waals surface area contributed by atoms with Crippen LogP contribution in [0.25, 0.3) is 11.1 Å². The van der Waals surface area contributed by atoms with E-state index in [2.05, 4.69) is 10.6 Å². The molecule has 206 valence electrons. The highest BCUT2D eigenvalue weighted by atomic mass is 19.1. The molecule has 0 spiro atoms. The number of rotatable bonds is 8. The van der Waals surface area contributed by atoms with E-state index in [9.17, 15) is 29.3 Å². The zero-order chi connectivity index (χ0) is 28.2. The van der Waals surface area contributed by atoms with Gasteiger partial charge in [-0.05, 0) is 54.3 Å². The number of carboxylic acids is 1. The Morgan fingerprint density at radius 3 is 2.23 bits per heavy atom. The predicted octanol–water partition coefficient (Wildman–Crippen LogP) is 6.27. The Balaban J connectivity index is 1.83. The van der Waals surface area contributed by atoms with Crippen LogP contribution in [-0.2, 0) is 0 Å². The van der Waals surface area contributed by atoms with Crippen molar-refractivity contribution >= 4 is 29.1 Å². The lowest BCUT2D eigenvalue weighted by molar-refractivity contribution is -0.196. The number of amides is 2. The normalized spacial score (nSPS) is 14.2. The molecule has 0 unspecified atom stereocenters. The van der Waals surface area contributed by atoms with E-state index in [0.717, 1.165) is 32.1 Å².